The number of rotatable bonds is 6. The van der Waals surface area contributed by atoms with Crippen LogP contribution in [0.1, 0.15) is 40.0 Å². The number of amides is 1. The molecule has 1 aliphatic rings. The second-order valence-corrected chi connectivity index (χ2v) is 11.0. The maximum absolute atomic E-state index is 12.9. The highest BCUT2D eigenvalue weighted by Crippen LogP contribution is 2.40. The molecule has 1 fully saturated rings. The number of nitrogens with zero attached hydrogens (tertiary/aromatic N) is 3. The smallest absolute Gasteiger partial charge is 0.224 e. The van der Waals surface area contributed by atoms with E-state index in [9.17, 15) is 4.79 Å². The van der Waals surface area contributed by atoms with Crippen molar-refractivity contribution in [2.75, 3.05) is 18.4 Å². The van der Waals surface area contributed by atoms with Gasteiger partial charge in [-0.2, -0.15) is 5.21 Å². The lowest BCUT2D eigenvalue weighted by Gasteiger charge is -2.23. The van der Waals surface area contributed by atoms with Crippen molar-refractivity contribution in [3.63, 3.8) is 0 Å². The van der Waals surface area contributed by atoms with Gasteiger partial charge < -0.3 is 10.6 Å². The van der Waals surface area contributed by atoms with Gasteiger partial charge in [0.15, 0.2) is 0 Å². The number of hydrogen-bond acceptors (Lipinski definition) is 6. The molecular weight excluding hydrogens is 456 g/mol. The Hall–Kier alpha value is -2.42. The molecule has 1 aliphatic heterocycles. The Balaban J connectivity index is 0.00000306. The summed E-state index contributed by atoms with van der Waals surface area (Å²) in [5.74, 6) is 1.07. The maximum Gasteiger partial charge on any atom is 0.224 e. The molecule has 2 heterocycles. The topological polar surface area (TPSA) is 95.6 Å². The van der Waals surface area contributed by atoms with Crippen LogP contribution < -0.4 is 10.6 Å². The Morgan fingerprint density at radius 1 is 1.12 bits per heavy atom. The summed E-state index contributed by atoms with van der Waals surface area (Å²) >= 11 is 1.76. The number of benzene rings is 2. The fraction of sp³-hybridized carbons (Fsp3) is 0.417. The monoisotopic (exact) mass is 486 g/mol. The first-order valence-electron chi connectivity index (χ1n) is 11.1. The molecule has 1 aromatic heterocycles. The van der Waals surface area contributed by atoms with E-state index in [-0.39, 0.29) is 23.1 Å². The molecule has 3 N–H and O–H groups in total. The summed E-state index contributed by atoms with van der Waals surface area (Å²) in [6.45, 7) is 8.52. The fourth-order valence-electron chi connectivity index (χ4n) is 3.97. The van der Waals surface area contributed by atoms with Crippen molar-refractivity contribution >= 4 is 35.8 Å². The van der Waals surface area contributed by atoms with Gasteiger partial charge in [-0.3, -0.25) is 4.79 Å². The van der Waals surface area contributed by atoms with Crippen LogP contribution >= 0.6 is 24.2 Å². The summed E-state index contributed by atoms with van der Waals surface area (Å²) in [5, 5.41) is 21.1. The summed E-state index contributed by atoms with van der Waals surface area (Å²) in [6, 6.07) is 14.2. The number of tetrazole rings is 1. The van der Waals surface area contributed by atoms with Crippen molar-refractivity contribution in [1.29, 1.82) is 0 Å². The van der Waals surface area contributed by atoms with Crippen molar-refractivity contribution in [2.24, 2.45) is 5.92 Å². The molecular formula is C24H31ClN6OS. The van der Waals surface area contributed by atoms with E-state index in [1.54, 1.807) is 11.8 Å². The van der Waals surface area contributed by atoms with Crippen LogP contribution in [0.3, 0.4) is 0 Å². The van der Waals surface area contributed by atoms with Crippen LogP contribution in [-0.2, 0) is 4.79 Å². The number of carbonyl (C=O) groups excluding carboxylic acids is 1. The maximum atomic E-state index is 12.9. The first-order valence-corrected chi connectivity index (χ1v) is 11.9. The SMILES string of the molecule is CC(C)(C)Sc1ccc(-c2ccccc2-c2nn[nH]n2)cc1NC(=O)CC1CCNCC1.Cl. The molecule has 176 valence electrons. The van der Waals surface area contributed by atoms with Gasteiger partial charge in [-0.25, -0.2) is 0 Å². The van der Waals surface area contributed by atoms with Crippen molar-refractivity contribution in [2.45, 2.75) is 49.7 Å². The number of aromatic amines is 1. The van der Waals surface area contributed by atoms with Crippen molar-refractivity contribution in [3.05, 3.63) is 42.5 Å². The first-order chi connectivity index (χ1) is 15.4. The predicted octanol–water partition coefficient (Wildman–Crippen LogP) is 5.17. The normalized spacial score (nSPS) is 14.5. The minimum atomic E-state index is 0. The van der Waals surface area contributed by atoms with Gasteiger partial charge in [0.2, 0.25) is 11.7 Å². The molecule has 33 heavy (non-hydrogen) atoms. The van der Waals surface area contributed by atoms with Gasteiger partial charge >= 0.3 is 0 Å². The molecule has 0 saturated carbocycles. The third-order valence-electron chi connectivity index (χ3n) is 5.43. The van der Waals surface area contributed by atoms with Crippen LogP contribution in [0.15, 0.2) is 47.4 Å². The Morgan fingerprint density at radius 3 is 2.52 bits per heavy atom. The number of halogens is 1. The Bertz CT molecular complexity index is 1060. The summed E-state index contributed by atoms with van der Waals surface area (Å²) in [6.07, 6.45) is 2.66. The molecule has 0 bridgehead atoms. The van der Waals surface area contributed by atoms with Crippen molar-refractivity contribution in [3.8, 4) is 22.5 Å². The molecule has 0 spiro atoms. The molecule has 7 nitrogen and oxygen atoms in total. The van der Waals surface area contributed by atoms with E-state index in [4.69, 9.17) is 0 Å². The minimum Gasteiger partial charge on any atom is -0.325 e. The highest BCUT2D eigenvalue weighted by molar-refractivity contribution is 8.00. The number of hydrogen-bond donors (Lipinski definition) is 3. The molecule has 4 rings (SSSR count). The highest BCUT2D eigenvalue weighted by Gasteiger charge is 2.21. The third kappa shape index (κ3) is 6.79. The van der Waals surface area contributed by atoms with Gasteiger partial charge in [0.1, 0.15) is 0 Å². The second kappa shape index (κ2) is 11.1. The zero-order valence-electron chi connectivity index (χ0n) is 19.2. The number of H-pyrrole nitrogens is 1. The molecule has 3 aromatic rings. The average molecular weight is 487 g/mol. The van der Waals surface area contributed by atoms with E-state index in [0.29, 0.717) is 18.2 Å². The van der Waals surface area contributed by atoms with Crippen molar-refractivity contribution in [1.82, 2.24) is 25.9 Å². The molecule has 1 amide bonds. The molecule has 0 aliphatic carbocycles. The van der Waals surface area contributed by atoms with E-state index < -0.39 is 0 Å². The van der Waals surface area contributed by atoms with Gasteiger partial charge in [0.05, 0.1) is 5.69 Å². The zero-order valence-corrected chi connectivity index (χ0v) is 20.9. The lowest BCUT2D eigenvalue weighted by molar-refractivity contribution is -0.117. The van der Waals surface area contributed by atoms with Gasteiger partial charge in [-0.15, -0.1) is 34.4 Å². The van der Waals surface area contributed by atoms with Crippen LogP contribution in [0.2, 0.25) is 0 Å². The zero-order chi connectivity index (χ0) is 22.6. The quantitative estimate of drug-likeness (QED) is 0.416. The minimum absolute atomic E-state index is 0. The molecule has 0 radical (unpaired) electrons. The van der Waals surface area contributed by atoms with E-state index in [2.05, 4.69) is 70.2 Å². The number of anilines is 1. The summed E-state index contributed by atoms with van der Waals surface area (Å²) < 4.78 is 0.0264. The predicted molar refractivity (Wildman–Crippen MR) is 137 cm³/mol. The van der Waals surface area contributed by atoms with E-state index in [1.165, 1.54) is 0 Å². The fourth-order valence-corrected chi connectivity index (χ4v) is 4.98. The summed E-state index contributed by atoms with van der Waals surface area (Å²) in [7, 11) is 0. The lowest BCUT2D eigenvalue weighted by Crippen LogP contribution is -2.30. The lowest BCUT2D eigenvalue weighted by atomic mass is 9.94. The Kier molecular flexibility index (Phi) is 8.51. The number of carbonyl (C=O) groups is 1. The van der Waals surface area contributed by atoms with Gasteiger partial charge in [0.25, 0.3) is 0 Å². The molecule has 9 heteroatoms. The summed E-state index contributed by atoms with van der Waals surface area (Å²) in [5.41, 5.74) is 3.74. The summed E-state index contributed by atoms with van der Waals surface area (Å²) in [4.78, 5) is 14.0. The van der Waals surface area contributed by atoms with E-state index in [0.717, 1.165) is 53.2 Å². The van der Waals surface area contributed by atoms with Crippen LogP contribution in [0, 0.1) is 5.92 Å². The van der Waals surface area contributed by atoms with Gasteiger partial charge in [-0.1, -0.05) is 51.1 Å². The molecule has 2 aromatic carbocycles. The first kappa shape index (κ1) is 25.2. The highest BCUT2D eigenvalue weighted by atomic mass is 35.5. The number of piperidine rings is 1. The van der Waals surface area contributed by atoms with E-state index >= 15 is 0 Å². The van der Waals surface area contributed by atoms with Crippen LogP contribution in [0.25, 0.3) is 22.5 Å². The molecule has 0 unspecified atom stereocenters. The Morgan fingerprint density at radius 2 is 1.85 bits per heavy atom. The Labute approximate surface area is 205 Å². The van der Waals surface area contributed by atoms with Gasteiger partial charge in [0, 0.05) is 21.6 Å². The van der Waals surface area contributed by atoms with Crippen LogP contribution in [0.4, 0.5) is 5.69 Å². The van der Waals surface area contributed by atoms with E-state index in [1.807, 2.05) is 24.3 Å². The van der Waals surface area contributed by atoms with Crippen LogP contribution in [0.5, 0.6) is 0 Å². The number of thioether (sulfide) groups is 1. The molecule has 1 saturated heterocycles. The van der Waals surface area contributed by atoms with Crippen molar-refractivity contribution < 1.29 is 4.79 Å². The standard InChI is InChI=1S/C24H30N6OS.ClH/c1-24(2,3)32-21-9-8-17(18-6-4-5-7-19(18)23-27-29-30-28-23)15-20(21)26-22(31)14-16-10-12-25-13-11-16;/h4-9,15-16,25H,10-14H2,1-3H3,(H,26,31)(H,27,28,29,30);1H. The van der Waals surface area contributed by atoms with Crippen LogP contribution in [-0.4, -0.2) is 44.4 Å². The average Bonchev–Trinajstić information content (AvgIpc) is 3.29. The second-order valence-electron chi connectivity index (χ2n) is 9.15. The van der Waals surface area contributed by atoms with Gasteiger partial charge in [-0.05, 0) is 60.3 Å². The largest absolute Gasteiger partial charge is 0.325 e. The number of aromatic nitrogens is 4. The molecule has 0 atom stereocenters. The number of nitrogens with one attached hydrogen (secondary N) is 3. The third-order valence-corrected chi connectivity index (χ3v) is 6.62.